The second kappa shape index (κ2) is 13.9. The van der Waals surface area contributed by atoms with Crippen LogP contribution in [0.15, 0.2) is 54.6 Å². The van der Waals surface area contributed by atoms with E-state index in [4.69, 9.17) is 4.74 Å². The van der Waals surface area contributed by atoms with Gasteiger partial charge in [0.1, 0.15) is 5.75 Å². The molecule has 0 aliphatic carbocycles. The highest BCUT2D eigenvalue weighted by Gasteiger charge is 2.18. The molecule has 0 heterocycles. The Morgan fingerprint density at radius 1 is 0.906 bits per heavy atom. The van der Waals surface area contributed by atoms with Crippen molar-refractivity contribution < 1.29 is 19.1 Å². The van der Waals surface area contributed by atoms with E-state index in [0.29, 0.717) is 24.4 Å². The summed E-state index contributed by atoms with van der Waals surface area (Å²) in [6, 6.07) is 16.5. The molecule has 0 saturated heterocycles. The highest BCUT2D eigenvalue weighted by molar-refractivity contribution is 5.95. The number of anilines is 1. The van der Waals surface area contributed by atoms with Gasteiger partial charge in [0, 0.05) is 18.7 Å². The van der Waals surface area contributed by atoms with Gasteiger partial charge >= 0.3 is 0 Å². The summed E-state index contributed by atoms with van der Waals surface area (Å²) in [4.78, 5) is 38.9. The lowest BCUT2D eigenvalue weighted by Gasteiger charge is -2.22. The maximum absolute atomic E-state index is 12.7. The van der Waals surface area contributed by atoms with Crippen LogP contribution in [0.1, 0.15) is 44.6 Å². The number of ether oxygens (including phenoxy) is 1. The quantitative estimate of drug-likeness (QED) is 0.465. The zero-order chi connectivity index (χ0) is 23.2. The molecular formula is C25H33N3O4. The van der Waals surface area contributed by atoms with Crippen molar-refractivity contribution in [3.63, 3.8) is 0 Å². The van der Waals surface area contributed by atoms with E-state index in [9.17, 15) is 14.4 Å². The Morgan fingerprint density at radius 2 is 1.62 bits per heavy atom. The maximum atomic E-state index is 12.7. The Hall–Kier alpha value is -3.35. The third-order valence-electron chi connectivity index (χ3n) is 4.97. The molecule has 0 aromatic heterocycles. The Kier molecular flexibility index (Phi) is 10.8. The molecular weight excluding hydrogens is 406 g/mol. The fourth-order valence-corrected chi connectivity index (χ4v) is 3.18. The van der Waals surface area contributed by atoms with E-state index >= 15 is 0 Å². The van der Waals surface area contributed by atoms with E-state index in [-0.39, 0.29) is 30.8 Å². The number of hydrogen-bond donors (Lipinski definition) is 2. The Labute approximate surface area is 190 Å². The van der Waals surface area contributed by atoms with Gasteiger partial charge in [-0.3, -0.25) is 14.4 Å². The minimum absolute atomic E-state index is 0.0530. The molecule has 32 heavy (non-hydrogen) atoms. The first-order chi connectivity index (χ1) is 15.5. The van der Waals surface area contributed by atoms with Crippen LogP contribution in [0.3, 0.4) is 0 Å². The average Bonchev–Trinajstić information content (AvgIpc) is 2.81. The lowest BCUT2D eigenvalue weighted by atomic mass is 10.1. The first kappa shape index (κ1) is 24.9. The largest absolute Gasteiger partial charge is 0.497 e. The lowest BCUT2D eigenvalue weighted by Crippen LogP contribution is -2.42. The van der Waals surface area contributed by atoms with E-state index in [2.05, 4.69) is 17.6 Å². The average molecular weight is 440 g/mol. The number of unbranched alkanes of at least 4 members (excludes halogenated alkanes) is 3. The van der Waals surface area contributed by atoms with Crippen molar-refractivity contribution in [1.29, 1.82) is 0 Å². The van der Waals surface area contributed by atoms with Crippen LogP contribution in [0.25, 0.3) is 0 Å². The van der Waals surface area contributed by atoms with Crippen LogP contribution in [-0.4, -0.2) is 42.8 Å². The molecule has 0 unspecified atom stereocenters. The summed E-state index contributed by atoms with van der Waals surface area (Å²) in [5, 5.41) is 5.32. The van der Waals surface area contributed by atoms with Gasteiger partial charge in [0.25, 0.3) is 0 Å². The van der Waals surface area contributed by atoms with E-state index in [1.807, 2.05) is 30.3 Å². The van der Waals surface area contributed by atoms with Gasteiger partial charge in [-0.15, -0.1) is 0 Å². The summed E-state index contributed by atoms with van der Waals surface area (Å²) in [6.45, 7) is 2.23. The van der Waals surface area contributed by atoms with Crippen LogP contribution in [0.2, 0.25) is 0 Å². The molecule has 2 aromatic carbocycles. The second-order valence-corrected chi connectivity index (χ2v) is 7.60. The zero-order valence-electron chi connectivity index (χ0n) is 18.9. The van der Waals surface area contributed by atoms with Gasteiger partial charge in [-0.25, -0.2) is 0 Å². The predicted octanol–water partition coefficient (Wildman–Crippen LogP) is 3.75. The molecule has 7 heteroatoms. The van der Waals surface area contributed by atoms with Crippen LogP contribution >= 0.6 is 0 Å². The minimum Gasteiger partial charge on any atom is -0.497 e. The third kappa shape index (κ3) is 9.20. The van der Waals surface area contributed by atoms with Gasteiger partial charge in [-0.05, 0) is 36.2 Å². The normalized spacial score (nSPS) is 10.3. The molecule has 0 fully saturated rings. The van der Waals surface area contributed by atoms with Gasteiger partial charge in [-0.2, -0.15) is 0 Å². The first-order valence-corrected chi connectivity index (χ1v) is 11.0. The van der Waals surface area contributed by atoms with Crippen LogP contribution in [0.5, 0.6) is 5.75 Å². The molecule has 0 bridgehead atoms. The van der Waals surface area contributed by atoms with Crippen molar-refractivity contribution >= 4 is 23.4 Å². The van der Waals surface area contributed by atoms with Gasteiger partial charge in [0.05, 0.1) is 20.2 Å². The van der Waals surface area contributed by atoms with Crippen molar-refractivity contribution in [2.75, 3.05) is 25.5 Å². The smallest absolute Gasteiger partial charge is 0.243 e. The number of carbonyl (C=O) groups is 3. The highest BCUT2D eigenvalue weighted by Crippen LogP contribution is 2.14. The summed E-state index contributed by atoms with van der Waals surface area (Å²) < 4.78 is 5.09. The number of methoxy groups -OCH3 is 1. The summed E-state index contributed by atoms with van der Waals surface area (Å²) in [5.74, 6) is -0.0753. The maximum Gasteiger partial charge on any atom is 0.243 e. The Bertz CT molecular complexity index is 853. The minimum atomic E-state index is -0.368. The molecule has 2 N–H and O–H groups in total. The Morgan fingerprint density at radius 3 is 2.28 bits per heavy atom. The van der Waals surface area contributed by atoms with Crippen molar-refractivity contribution in [3.05, 3.63) is 60.2 Å². The molecule has 2 aromatic rings. The van der Waals surface area contributed by atoms with Crippen molar-refractivity contribution in [2.45, 2.75) is 45.6 Å². The van der Waals surface area contributed by atoms with Crippen LogP contribution in [-0.2, 0) is 20.9 Å². The lowest BCUT2D eigenvalue weighted by molar-refractivity contribution is -0.137. The molecule has 7 nitrogen and oxygen atoms in total. The van der Waals surface area contributed by atoms with Crippen molar-refractivity contribution in [2.24, 2.45) is 0 Å². The molecule has 3 amide bonds. The second-order valence-electron chi connectivity index (χ2n) is 7.60. The number of nitrogens with one attached hydrogen (secondary N) is 2. The van der Waals surface area contributed by atoms with Crippen molar-refractivity contribution in [1.82, 2.24) is 10.2 Å². The number of rotatable bonds is 13. The first-order valence-electron chi connectivity index (χ1n) is 11.0. The standard InChI is InChI=1S/C25H33N3O4/c1-3-4-5-9-12-25(31)28(18-20-10-7-6-8-11-20)19-24(30)26-17-23(29)27-21-13-15-22(32-2)16-14-21/h6-8,10-11,13-16H,3-5,9,12,17-19H2,1-2H3,(H,26,30)(H,27,29). The van der Waals surface area contributed by atoms with Gasteiger partial charge < -0.3 is 20.3 Å². The number of amides is 3. The predicted molar refractivity (Wildman–Crippen MR) is 125 cm³/mol. The molecule has 0 saturated carbocycles. The summed E-state index contributed by atoms with van der Waals surface area (Å²) in [7, 11) is 1.57. The topological polar surface area (TPSA) is 87.7 Å². The van der Waals surface area contributed by atoms with Crippen molar-refractivity contribution in [3.8, 4) is 5.75 Å². The monoisotopic (exact) mass is 439 g/mol. The highest BCUT2D eigenvalue weighted by atomic mass is 16.5. The molecule has 0 atom stereocenters. The molecule has 172 valence electrons. The van der Waals surface area contributed by atoms with E-state index < -0.39 is 0 Å². The summed E-state index contributed by atoms with van der Waals surface area (Å²) in [5.41, 5.74) is 1.57. The SMILES string of the molecule is CCCCCCC(=O)N(CC(=O)NCC(=O)Nc1ccc(OC)cc1)Cc1ccccc1. The van der Waals surface area contributed by atoms with E-state index in [1.54, 1.807) is 36.3 Å². The third-order valence-corrected chi connectivity index (χ3v) is 4.97. The zero-order valence-corrected chi connectivity index (χ0v) is 18.9. The number of carbonyl (C=O) groups excluding carboxylic acids is 3. The van der Waals surface area contributed by atoms with Crippen LogP contribution in [0, 0.1) is 0 Å². The number of benzene rings is 2. The summed E-state index contributed by atoms with van der Waals surface area (Å²) in [6.07, 6.45) is 4.42. The summed E-state index contributed by atoms with van der Waals surface area (Å²) >= 11 is 0. The van der Waals surface area contributed by atoms with Gasteiger partial charge in [0.2, 0.25) is 17.7 Å². The molecule has 0 aliphatic rings. The Balaban J connectivity index is 1.86. The number of nitrogens with zero attached hydrogens (tertiary/aromatic N) is 1. The number of hydrogen-bond acceptors (Lipinski definition) is 4. The molecule has 0 spiro atoms. The van der Waals surface area contributed by atoms with E-state index in [0.717, 1.165) is 31.2 Å². The van der Waals surface area contributed by atoms with E-state index in [1.165, 1.54) is 0 Å². The molecule has 0 aliphatic heterocycles. The fourth-order valence-electron chi connectivity index (χ4n) is 3.18. The molecule has 2 rings (SSSR count). The van der Waals surface area contributed by atoms with Gasteiger partial charge in [0.15, 0.2) is 0 Å². The fraction of sp³-hybridized carbons (Fsp3) is 0.400. The molecule has 0 radical (unpaired) electrons. The van der Waals surface area contributed by atoms with Crippen LogP contribution < -0.4 is 15.4 Å². The van der Waals surface area contributed by atoms with Crippen LogP contribution in [0.4, 0.5) is 5.69 Å². The van der Waals surface area contributed by atoms with Gasteiger partial charge in [-0.1, -0.05) is 56.5 Å².